The maximum atomic E-state index is 12.2. The first kappa shape index (κ1) is 26.9. The van der Waals surface area contributed by atoms with Gasteiger partial charge in [-0.2, -0.15) is 0 Å². The molecule has 0 spiro atoms. The number of esters is 1. The van der Waals surface area contributed by atoms with Gasteiger partial charge in [0.2, 0.25) is 0 Å². The number of carbonyl (C=O) groups is 1. The van der Waals surface area contributed by atoms with Crippen LogP contribution in [0.3, 0.4) is 0 Å². The molecule has 2 aliphatic rings. The Morgan fingerprint density at radius 3 is 2.64 bits per heavy atom. The number of hydrogen-bond donors (Lipinski definition) is 1. The number of carbonyl (C=O) groups excluding carboxylic acids is 1. The van der Waals surface area contributed by atoms with Crippen LogP contribution in [0.1, 0.15) is 80.7 Å². The number of alkyl halides is 1. The van der Waals surface area contributed by atoms with Gasteiger partial charge in [-0.3, -0.25) is 4.90 Å². The highest BCUT2D eigenvalue weighted by Gasteiger charge is 2.27. The van der Waals surface area contributed by atoms with Gasteiger partial charge in [0.05, 0.1) is 11.4 Å². The minimum atomic E-state index is -0.496. The number of H-pyrrole nitrogens is 1. The van der Waals surface area contributed by atoms with Crippen molar-refractivity contribution in [1.82, 2.24) is 14.9 Å². The molecule has 1 aliphatic heterocycles. The number of ether oxygens (including phenoxy) is 1. The van der Waals surface area contributed by atoms with E-state index >= 15 is 0 Å². The van der Waals surface area contributed by atoms with E-state index in [9.17, 15) is 4.79 Å². The number of benzene rings is 1. The lowest BCUT2D eigenvalue weighted by molar-refractivity contribution is -0.149. The molecule has 1 unspecified atom stereocenters. The highest BCUT2D eigenvalue weighted by Crippen LogP contribution is 2.28. The Balaban J connectivity index is 1.42. The van der Waals surface area contributed by atoms with Crippen LogP contribution in [0.25, 0.3) is 6.08 Å². The predicted octanol–water partition coefficient (Wildman–Crippen LogP) is 6.74. The van der Waals surface area contributed by atoms with E-state index in [1.54, 1.807) is 0 Å². The largest absolute Gasteiger partial charge is 0.455 e. The molecule has 4 rings (SSSR count). The number of piperidine rings is 1. The summed E-state index contributed by atoms with van der Waals surface area (Å²) >= 11 is 2.28. The summed E-state index contributed by atoms with van der Waals surface area (Å²) in [4.78, 5) is 23.5. The number of likely N-dealkylation sites (tertiary alicyclic amines) is 1. The van der Waals surface area contributed by atoms with Crippen molar-refractivity contribution in [2.24, 2.45) is 0 Å². The van der Waals surface area contributed by atoms with Crippen molar-refractivity contribution in [1.29, 1.82) is 0 Å². The van der Waals surface area contributed by atoms with Crippen LogP contribution in [0.15, 0.2) is 54.6 Å². The summed E-state index contributed by atoms with van der Waals surface area (Å²) in [5, 5.41) is 0. The Labute approximate surface area is 229 Å². The average molecular weight is 600 g/mol. The zero-order chi connectivity index (χ0) is 25.5. The molecule has 1 aromatic carbocycles. The molecule has 1 saturated heterocycles. The third-order valence-corrected chi connectivity index (χ3v) is 8.61. The highest BCUT2D eigenvalue weighted by atomic mass is 127. The number of halogens is 1. The van der Waals surface area contributed by atoms with Crippen LogP contribution in [0, 0.1) is 0 Å². The monoisotopic (exact) mass is 599 g/mol. The van der Waals surface area contributed by atoms with Gasteiger partial charge in [-0.1, -0.05) is 77.6 Å². The lowest BCUT2D eigenvalue weighted by atomic mass is 9.95. The number of allylic oxidation sites excluding steroid dienone is 4. The van der Waals surface area contributed by atoms with Gasteiger partial charge in [0.1, 0.15) is 11.4 Å². The zero-order valence-electron chi connectivity index (χ0n) is 21.7. The Kier molecular flexibility index (Phi) is 9.23. The first-order valence-corrected chi connectivity index (χ1v) is 14.3. The number of hydrogen-bond acceptors (Lipinski definition) is 4. The summed E-state index contributed by atoms with van der Waals surface area (Å²) < 4.78 is 5.81. The zero-order valence-corrected chi connectivity index (χ0v) is 23.8. The van der Waals surface area contributed by atoms with Crippen molar-refractivity contribution >= 4 is 34.6 Å². The fourth-order valence-electron chi connectivity index (χ4n) is 4.59. The Bertz CT molecular complexity index is 1110. The number of rotatable bonds is 9. The van der Waals surface area contributed by atoms with Crippen LogP contribution in [-0.4, -0.2) is 43.5 Å². The summed E-state index contributed by atoms with van der Waals surface area (Å²) in [5.74, 6) is 1.04. The van der Waals surface area contributed by atoms with E-state index < -0.39 is 5.60 Å². The fourth-order valence-corrected chi connectivity index (χ4v) is 4.72. The molecule has 1 N–H and O–H groups in total. The lowest BCUT2D eigenvalue weighted by Crippen LogP contribution is -2.35. The third-order valence-electron chi connectivity index (χ3n) is 7.11. The molecule has 0 amide bonds. The van der Waals surface area contributed by atoms with Crippen LogP contribution >= 0.6 is 22.6 Å². The quantitative estimate of drug-likeness (QED) is 0.150. The molecule has 1 fully saturated rings. The highest BCUT2D eigenvalue weighted by molar-refractivity contribution is 14.1. The predicted molar refractivity (Wildman–Crippen MR) is 155 cm³/mol. The summed E-state index contributed by atoms with van der Waals surface area (Å²) in [6.07, 6.45) is 17.8. The van der Waals surface area contributed by atoms with Gasteiger partial charge < -0.3 is 9.72 Å². The van der Waals surface area contributed by atoms with Crippen molar-refractivity contribution in [3.05, 3.63) is 83.0 Å². The molecule has 2 heterocycles. The molecule has 0 saturated carbocycles. The average Bonchev–Trinajstić information content (AvgIpc) is 3.26. The molecule has 2 aromatic rings. The second-order valence-electron chi connectivity index (χ2n) is 10.4. The Morgan fingerprint density at radius 2 is 1.97 bits per heavy atom. The van der Waals surface area contributed by atoms with Crippen molar-refractivity contribution < 1.29 is 9.53 Å². The van der Waals surface area contributed by atoms with Gasteiger partial charge >= 0.3 is 5.97 Å². The van der Waals surface area contributed by atoms with E-state index in [1.807, 2.05) is 39.0 Å². The van der Waals surface area contributed by atoms with E-state index in [0.717, 1.165) is 30.8 Å². The normalized spacial score (nSPS) is 19.6. The SMILES string of the molecule is C[C@@H](I)C(C)(C)OC(=O)/C=C/c1ccc(Cc2nc(C3C=CC=CC3)c(CN3CCCCC3)[nH]2)cc1. The summed E-state index contributed by atoms with van der Waals surface area (Å²) in [6, 6.07) is 8.30. The van der Waals surface area contributed by atoms with Gasteiger partial charge in [0.15, 0.2) is 0 Å². The smallest absolute Gasteiger partial charge is 0.331 e. The van der Waals surface area contributed by atoms with Crippen LogP contribution in [-0.2, 0) is 22.5 Å². The minimum Gasteiger partial charge on any atom is -0.455 e. The van der Waals surface area contributed by atoms with Crippen LogP contribution in [0.2, 0.25) is 0 Å². The van der Waals surface area contributed by atoms with Crippen LogP contribution in [0.4, 0.5) is 0 Å². The molecule has 5 nitrogen and oxygen atoms in total. The van der Waals surface area contributed by atoms with Gasteiger partial charge in [-0.05, 0) is 70.3 Å². The van der Waals surface area contributed by atoms with E-state index in [-0.39, 0.29) is 9.89 Å². The molecule has 2 atom stereocenters. The van der Waals surface area contributed by atoms with Gasteiger partial charge in [0.25, 0.3) is 0 Å². The van der Waals surface area contributed by atoms with Gasteiger partial charge in [0, 0.05) is 28.9 Å². The molecule has 0 radical (unpaired) electrons. The van der Waals surface area contributed by atoms with Crippen molar-refractivity contribution in [3.8, 4) is 0 Å². The number of aromatic nitrogens is 2. The van der Waals surface area contributed by atoms with E-state index in [4.69, 9.17) is 9.72 Å². The summed E-state index contributed by atoms with van der Waals surface area (Å²) in [5.41, 5.74) is 4.13. The first-order chi connectivity index (χ1) is 17.3. The topological polar surface area (TPSA) is 58.2 Å². The lowest BCUT2D eigenvalue weighted by Gasteiger charge is -2.27. The van der Waals surface area contributed by atoms with E-state index in [0.29, 0.717) is 5.92 Å². The molecule has 1 aromatic heterocycles. The number of aromatic amines is 1. The van der Waals surface area contributed by atoms with Crippen LogP contribution < -0.4 is 0 Å². The maximum Gasteiger partial charge on any atom is 0.331 e. The number of imidazole rings is 1. The third kappa shape index (κ3) is 7.42. The number of nitrogens with one attached hydrogen (secondary N) is 1. The molecule has 6 heteroatoms. The van der Waals surface area contributed by atoms with Gasteiger partial charge in [-0.25, -0.2) is 9.78 Å². The second kappa shape index (κ2) is 12.4. The van der Waals surface area contributed by atoms with Crippen LogP contribution in [0.5, 0.6) is 0 Å². The van der Waals surface area contributed by atoms with Crippen molar-refractivity contribution in [2.75, 3.05) is 13.1 Å². The minimum absolute atomic E-state index is 0.222. The van der Waals surface area contributed by atoms with Crippen molar-refractivity contribution in [3.63, 3.8) is 0 Å². The molecular formula is C30H38IN3O2. The first-order valence-electron chi connectivity index (χ1n) is 13.1. The second-order valence-corrected chi connectivity index (χ2v) is 12.3. The molecule has 0 bridgehead atoms. The number of nitrogens with zero attached hydrogens (tertiary/aromatic N) is 2. The maximum absolute atomic E-state index is 12.2. The van der Waals surface area contributed by atoms with Gasteiger partial charge in [-0.15, -0.1) is 0 Å². The molecule has 36 heavy (non-hydrogen) atoms. The molecule has 1 aliphatic carbocycles. The Morgan fingerprint density at radius 1 is 1.22 bits per heavy atom. The van der Waals surface area contributed by atoms with E-state index in [1.165, 1.54) is 55.4 Å². The fraction of sp³-hybridized carbons (Fsp3) is 0.467. The summed E-state index contributed by atoms with van der Waals surface area (Å²) in [7, 11) is 0. The molecular weight excluding hydrogens is 561 g/mol. The molecule has 192 valence electrons. The van der Waals surface area contributed by atoms with E-state index in [2.05, 4.69) is 68.9 Å². The standard InChI is InChI=1S/C30H38IN3O2/c1-22(31)30(2,3)36-28(35)17-16-23-12-14-24(15-13-23)20-27-32-26(21-34-18-8-5-9-19-34)29(33-27)25-10-6-4-7-11-25/h4,6-7,10,12-17,22,25H,5,8-9,11,18-21H2,1-3H3,(H,32,33)/b17-16+/t22-,25?/m1/s1. The Hall–Kier alpha value is -2.19. The van der Waals surface area contributed by atoms with Crippen molar-refractivity contribution in [2.45, 2.75) is 74.9 Å². The summed E-state index contributed by atoms with van der Waals surface area (Å²) in [6.45, 7) is 9.20.